The zero-order valence-corrected chi connectivity index (χ0v) is 14.7. The van der Waals surface area contributed by atoms with Crippen molar-refractivity contribution in [1.82, 2.24) is 10.6 Å². The molecular formula is C17H30N4S. The molecule has 0 radical (unpaired) electrons. The first-order valence-corrected chi connectivity index (χ1v) is 9.56. The number of unbranched alkanes of at least 4 members (excludes halogenated alkanes) is 1. The number of aliphatic imine (C=N–C) groups is 1. The number of nitrogens with one attached hydrogen (secondary N) is 3. The predicted octanol–water partition coefficient (Wildman–Crippen LogP) is 3.19. The van der Waals surface area contributed by atoms with Gasteiger partial charge in [-0.25, -0.2) is 0 Å². The second-order valence-electron chi connectivity index (χ2n) is 5.03. The molecule has 0 saturated carbocycles. The number of para-hydroxylation sites is 1. The van der Waals surface area contributed by atoms with Crippen LogP contribution in [0.15, 0.2) is 35.3 Å². The molecule has 5 heteroatoms. The normalized spacial score (nSPS) is 11.3. The Morgan fingerprint density at radius 1 is 1.05 bits per heavy atom. The van der Waals surface area contributed by atoms with Gasteiger partial charge in [-0.1, -0.05) is 18.2 Å². The SMILES string of the molecule is CCNC(=NCCCNc1ccccc1)NCCCCSC. The maximum Gasteiger partial charge on any atom is 0.191 e. The average Bonchev–Trinajstić information content (AvgIpc) is 2.55. The lowest BCUT2D eigenvalue weighted by Crippen LogP contribution is -2.38. The number of rotatable bonds is 11. The van der Waals surface area contributed by atoms with Gasteiger partial charge in [0.15, 0.2) is 5.96 Å². The summed E-state index contributed by atoms with van der Waals surface area (Å²) in [4.78, 5) is 4.61. The molecule has 124 valence electrons. The molecule has 22 heavy (non-hydrogen) atoms. The molecule has 0 aliphatic heterocycles. The molecule has 3 N–H and O–H groups in total. The van der Waals surface area contributed by atoms with E-state index in [4.69, 9.17) is 0 Å². The molecule has 1 aromatic rings. The number of thioether (sulfide) groups is 1. The summed E-state index contributed by atoms with van der Waals surface area (Å²) in [6.07, 6.45) is 5.63. The van der Waals surface area contributed by atoms with Crippen molar-refractivity contribution in [2.24, 2.45) is 4.99 Å². The molecule has 0 aliphatic carbocycles. The van der Waals surface area contributed by atoms with Crippen LogP contribution < -0.4 is 16.0 Å². The lowest BCUT2D eigenvalue weighted by Gasteiger charge is -2.11. The van der Waals surface area contributed by atoms with Crippen LogP contribution in [0.3, 0.4) is 0 Å². The third-order valence-electron chi connectivity index (χ3n) is 3.12. The zero-order chi connectivity index (χ0) is 15.9. The minimum absolute atomic E-state index is 0.833. The number of hydrogen-bond donors (Lipinski definition) is 3. The Morgan fingerprint density at radius 2 is 1.86 bits per heavy atom. The van der Waals surface area contributed by atoms with Gasteiger partial charge in [-0.2, -0.15) is 11.8 Å². The molecule has 0 saturated heterocycles. The van der Waals surface area contributed by atoms with E-state index < -0.39 is 0 Å². The molecule has 0 unspecified atom stereocenters. The standard InChI is InChI=1S/C17H30N4S/c1-3-18-17(20-12-7-8-15-22-2)21-14-9-13-19-16-10-5-4-6-11-16/h4-6,10-11,19H,3,7-9,12-15H2,1-2H3,(H2,18,20,21). The van der Waals surface area contributed by atoms with Gasteiger partial charge in [0.25, 0.3) is 0 Å². The molecule has 0 bridgehead atoms. The number of nitrogens with zero attached hydrogens (tertiary/aromatic N) is 1. The summed E-state index contributed by atoms with van der Waals surface area (Å²) in [6, 6.07) is 10.3. The largest absolute Gasteiger partial charge is 0.385 e. The summed E-state index contributed by atoms with van der Waals surface area (Å²) < 4.78 is 0. The minimum atomic E-state index is 0.833. The van der Waals surface area contributed by atoms with Crippen LogP contribution in [0.2, 0.25) is 0 Å². The second kappa shape index (κ2) is 13.3. The van der Waals surface area contributed by atoms with E-state index in [0.717, 1.165) is 38.6 Å². The third-order valence-corrected chi connectivity index (χ3v) is 3.82. The number of hydrogen-bond acceptors (Lipinski definition) is 3. The molecule has 0 aromatic heterocycles. The Labute approximate surface area is 139 Å². The van der Waals surface area contributed by atoms with Gasteiger partial charge in [0.2, 0.25) is 0 Å². The number of benzene rings is 1. The summed E-state index contributed by atoms with van der Waals surface area (Å²) in [7, 11) is 0. The second-order valence-corrected chi connectivity index (χ2v) is 6.02. The smallest absolute Gasteiger partial charge is 0.191 e. The summed E-state index contributed by atoms with van der Waals surface area (Å²) in [5.41, 5.74) is 1.17. The van der Waals surface area contributed by atoms with Crippen LogP contribution in [0.1, 0.15) is 26.2 Å². The highest BCUT2D eigenvalue weighted by atomic mass is 32.2. The molecule has 0 spiro atoms. The maximum absolute atomic E-state index is 4.61. The van der Waals surface area contributed by atoms with Gasteiger partial charge >= 0.3 is 0 Å². The lowest BCUT2D eigenvalue weighted by molar-refractivity contribution is 0.731. The molecule has 1 aromatic carbocycles. The Kier molecular flexibility index (Phi) is 11.3. The van der Waals surface area contributed by atoms with Crippen LogP contribution in [0.4, 0.5) is 5.69 Å². The van der Waals surface area contributed by atoms with E-state index >= 15 is 0 Å². The van der Waals surface area contributed by atoms with Crippen molar-refractivity contribution >= 4 is 23.4 Å². The lowest BCUT2D eigenvalue weighted by atomic mass is 10.3. The van der Waals surface area contributed by atoms with E-state index in [0.29, 0.717) is 0 Å². The maximum atomic E-state index is 4.61. The van der Waals surface area contributed by atoms with Crippen LogP contribution in [-0.4, -0.2) is 44.1 Å². The highest BCUT2D eigenvalue weighted by Gasteiger charge is 1.96. The van der Waals surface area contributed by atoms with Crippen LogP contribution in [0, 0.1) is 0 Å². The molecule has 4 nitrogen and oxygen atoms in total. The van der Waals surface area contributed by atoms with Crippen molar-refractivity contribution in [3.05, 3.63) is 30.3 Å². The van der Waals surface area contributed by atoms with Crippen molar-refractivity contribution in [2.75, 3.05) is 43.5 Å². The number of anilines is 1. The van der Waals surface area contributed by atoms with E-state index in [9.17, 15) is 0 Å². The first-order valence-electron chi connectivity index (χ1n) is 8.17. The first-order chi connectivity index (χ1) is 10.9. The molecule has 0 amide bonds. The van der Waals surface area contributed by atoms with Gasteiger partial charge in [-0.15, -0.1) is 0 Å². The minimum Gasteiger partial charge on any atom is -0.385 e. The van der Waals surface area contributed by atoms with E-state index in [2.05, 4.69) is 46.3 Å². The number of guanidine groups is 1. The van der Waals surface area contributed by atoms with Gasteiger partial charge in [0.1, 0.15) is 0 Å². The zero-order valence-electron chi connectivity index (χ0n) is 13.9. The van der Waals surface area contributed by atoms with Gasteiger partial charge < -0.3 is 16.0 Å². The Morgan fingerprint density at radius 3 is 2.59 bits per heavy atom. The van der Waals surface area contributed by atoms with Crippen molar-refractivity contribution in [3.8, 4) is 0 Å². The van der Waals surface area contributed by atoms with Gasteiger partial charge in [0.05, 0.1) is 0 Å². The summed E-state index contributed by atoms with van der Waals surface area (Å²) >= 11 is 1.91. The fourth-order valence-corrected chi connectivity index (χ4v) is 2.47. The van der Waals surface area contributed by atoms with E-state index in [1.807, 2.05) is 30.0 Å². The van der Waals surface area contributed by atoms with Crippen LogP contribution in [-0.2, 0) is 0 Å². The fourth-order valence-electron chi connectivity index (χ4n) is 1.98. The topological polar surface area (TPSA) is 48.5 Å². The summed E-state index contributed by atoms with van der Waals surface area (Å²) in [5.74, 6) is 2.17. The Hall–Kier alpha value is -1.36. The highest BCUT2D eigenvalue weighted by Crippen LogP contribution is 2.04. The molecule has 1 rings (SSSR count). The Balaban J connectivity index is 2.15. The molecule has 0 aliphatic rings. The van der Waals surface area contributed by atoms with E-state index in [1.165, 1.54) is 24.3 Å². The molecular weight excluding hydrogens is 292 g/mol. The van der Waals surface area contributed by atoms with Gasteiger partial charge in [-0.05, 0) is 50.3 Å². The average molecular weight is 323 g/mol. The Bertz CT molecular complexity index is 395. The quantitative estimate of drug-likeness (QED) is 0.333. The fraction of sp³-hybridized carbons (Fsp3) is 0.588. The molecule has 0 heterocycles. The van der Waals surface area contributed by atoms with E-state index in [-0.39, 0.29) is 0 Å². The summed E-state index contributed by atoms with van der Waals surface area (Å²) in [5, 5.41) is 10.1. The van der Waals surface area contributed by atoms with Crippen molar-refractivity contribution < 1.29 is 0 Å². The predicted molar refractivity (Wildman–Crippen MR) is 101 cm³/mol. The van der Waals surface area contributed by atoms with Crippen LogP contribution in [0.25, 0.3) is 0 Å². The first kappa shape index (κ1) is 18.7. The van der Waals surface area contributed by atoms with Gasteiger partial charge in [-0.3, -0.25) is 4.99 Å². The molecule has 0 atom stereocenters. The molecule has 0 fully saturated rings. The van der Waals surface area contributed by atoms with Crippen molar-refractivity contribution in [2.45, 2.75) is 26.2 Å². The van der Waals surface area contributed by atoms with Crippen LogP contribution in [0.5, 0.6) is 0 Å². The monoisotopic (exact) mass is 322 g/mol. The van der Waals surface area contributed by atoms with E-state index in [1.54, 1.807) is 0 Å². The van der Waals surface area contributed by atoms with Crippen LogP contribution >= 0.6 is 11.8 Å². The van der Waals surface area contributed by atoms with Crippen molar-refractivity contribution in [3.63, 3.8) is 0 Å². The summed E-state index contributed by atoms with van der Waals surface area (Å²) in [6.45, 7) is 5.77. The van der Waals surface area contributed by atoms with Crippen molar-refractivity contribution in [1.29, 1.82) is 0 Å². The third kappa shape index (κ3) is 9.55. The van der Waals surface area contributed by atoms with Gasteiger partial charge in [0, 0.05) is 31.9 Å². The highest BCUT2D eigenvalue weighted by molar-refractivity contribution is 7.98.